The summed E-state index contributed by atoms with van der Waals surface area (Å²) in [6, 6.07) is 25.1. The highest BCUT2D eigenvalue weighted by Gasteiger charge is 2.40. The lowest BCUT2D eigenvalue weighted by molar-refractivity contribution is -0.283. The van der Waals surface area contributed by atoms with Crippen molar-refractivity contribution in [3.63, 3.8) is 0 Å². The molecule has 0 radical (unpaired) electrons. The first-order chi connectivity index (χ1) is 17.5. The molecule has 0 saturated carbocycles. The van der Waals surface area contributed by atoms with E-state index in [-0.39, 0.29) is 18.7 Å². The molecule has 0 aliphatic carbocycles. The van der Waals surface area contributed by atoms with E-state index in [0.717, 1.165) is 47.5 Å². The first-order valence-corrected chi connectivity index (χ1v) is 13.4. The molecule has 0 N–H and O–H groups in total. The Morgan fingerprint density at radius 3 is 2.56 bits per heavy atom. The molecule has 1 fully saturated rings. The molecule has 4 rings (SSSR count). The van der Waals surface area contributed by atoms with Crippen molar-refractivity contribution in [1.82, 2.24) is 0 Å². The van der Waals surface area contributed by atoms with Gasteiger partial charge in [0.1, 0.15) is 12.4 Å². The Hall–Kier alpha value is -2.80. The van der Waals surface area contributed by atoms with Crippen LogP contribution < -0.4 is 4.74 Å². The van der Waals surface area contributed by atoms with Gasteiger partial charge in [0, 0.05) is 36.7 Å². The molecule has 1 heterocycles. The molecule has 1 aliphatic heterocycles. The van der Waals surface area contributed by atoms with E-state index < -0.39 is 5.79 Å². The Kier molecular flexibility index (Phi) is 9.08. The molecule has 3 aromatic rings. The molecular formula is C30H34O5S. The molecule has 1 saturated heterocycles. The third-order valence-electron chi connectivity index (χ3n) is 6.32. The minimum absolute atomic E-state index is 0.205. The number of carbonyl (C=O) groups is 1. The average molecular weight is 507 g/mol. The Balaban J connectivity index is 1.66. The molecule has 5 nitrogen and oxygen atoms in total. The number of thioether (sulfide) groups is 1. The highest BCUT2D eigenvalue weighted by atomic mass is 32.2. The molecule has 2 atom stereocenters. The summed E-state index contributed by atoms with van der Waals surface area (Å²) in [5.41, 5.74) is 4.47. The highest BCUT2D eigenvalue weighted by molar-refractivity contribution is 7.98. The van der Waals surface area contributed by atoms with Gasteiger partial charge in [0.05, 0.1) is 12.7 Å². The van der Waals surface area contributed by atoms with E-state index >= 15 is 0 Å². The molecule has 1 aliphatic rings. The van der Waals surface area contributed by atoms with E-state index in [1.807, 2.05) is 36.9 Å². The van der Waals surface area contributed by atoms with Crippen LogP contribution in [0, 0.1) is 0 Å². The molecule has 36 heavy (non-hydrogen) atoms. The van der Waals surface area contributed by atoms with Gasteiger partial charge >= 0.3 is 5.97 Å². The van der Waals surface area contributed by atoms with Crippen LogP contribution in [-0.4, -0.2) is 32.4 Å². The second-order valence-electron chi connectivity index (χ2n) is 8.83. The summed E-state index contributed by atoms with van der Waals surface area (Å²) < 4.78 is 23.4. The molecule has 0 bridgehead atoms. The van der Waals surface area contributed by atoms with Crippen molar-refractivity contribution in [2.45, 2.75) is 55.6 Å². The summed E-state index contributed by atoms with van der Waals surface area (Å²) in [4.78, 5) is 12.5. The van der Waals surface area contributed by atoms with Gasteiger partial charge < -0.3 is 18.9 Å². The van der Waals surface area contributed by atoms with Crippen LogP contribution in [0.15, 0.2) is 77.7 Å². The third kappa shape index (κ3) is 6.49. The van der Waals surface area contributed by atoms with Crippen LogP contribution in [0.4, 0.5) is 0 Å². The fraction of sp³-hybridized carbons (Fsp3) is 0.367. The number of hydrogen-bond donors (Lipinski definition) is 0. The number of rotatable bonds is 10. The quantitative estimate of drug-likeness (QED) is 0.218. The van der Waals surface area contributed by atoms with Crippen LogP contribution in [0.5, 0.6) is 5.75 Å². The van der Waals surface area contributed by atoms with E-state index in [0.29, 0.717) is 6.61 Å². The van der Waals surface area contributed by atoms with Gasteiger partial charge in [0.15, 0.2) is 5.79 Å². The van der Waals surface area contributed by atoms with E-state index in [4.69, 9.17) is 18.9 Å². The van der Waals surface area contributed by atoms with Gasteiger partial charge in [-0.15, -0.1) is 11.8 Å². The first-order valence-electron chi connectivity index (χ1n) is 12.4. The Labute approximate surface area is 218 Å². The van der Waals surface area contributed by atoms with Gasteiger partial charge in [-0.3, -0.25) is 4.79 Å². The van der Waals surface area contributed by atoms with E-state index in [2.05, 4.69) is 54.6 Å². The van der Waals surface area contributed by atoms with E-state index in [1.165, 1.54) is 17.4 Å². The smallest absolute Gasteiger partial charge is 0.302 e. The zero-order valence-corrected chi connectivity index (χ0v) is 22.0. The van der Waals surface area contributed by atoms with Crippen LogP contribution >= 0.6 is 11.8 Å². The van der Waals surface area contributed by atoms with Crippen LogP contribution in [0.2, 0.25) is 0 Å². The lowest BCUT2D eigenvalue weighted by Gasteiger charge is -2.40. The minimum atomic E-state index is -0.883. The van der Waals surface area contributed by atoms with E-state index in [9.17, 15) is 4.79 Å². The molecule has 6 heteroatoms. The predicted octanol–water partition coefficient (Wildman–Crippen LogP) is 6.98. The fourth-order valence-corrected chi connectivity index (χ4v) is 5.52. The standard InChI is InChI=1S/C30H34O5S/c1-4-33-26-15-12-24(13-16-26)28-19-25(14-17-29(28)36-21-23-9-6-5-7-10-23)30(32-3)18-8-11-27(35-30)20-34-22(2)31/h5-7,9-10,12-17,19,27H,4,8,11,18,20-21H2,1-3H3. The van der Waals surface area contributed by atoms with Gasteiger partial charge in [-0.25, -0.2) is 0 Å². The maximum Gasteiger partial charge on any atom is 0.302 e. The average Bonchev–Trinajstić information content (AvgIpc) is 2.92. The van der Waals surface area contributed by atoms with Gasteiger partial charge in [-0.2, -0.15) is 0 Å². The van der Waals surface area contributed by atoms with Crippen LogP contribution in [0.25, 0.3) is 11.1 Å². The van der Waals surface area contributed by atoms with Crippen molar-refractivity contribution < 1.29 is 23.7 Å². The second-order valence-corrected chi connectivity index (χ2v) is 9.85. The van der Waals surface area contributed by atoms with E-state index in [1.54, 1.807) is 7.11 Å². The van der Waals surface area contributed by atoms with Crippen molar-refractivity contribution in [3.8, 4) is 16.9 Å². The van der Waals surface area contributed by atoms with Gasteiger partial charge in [0.25, 0.3) is 0 Å². The maximum absolute atomic E-state index is 11.3. The van der Waals surface area contributed by atoms with Crippen molar-refractivity contribution in [2.75, 3.05) is 20.3 Å². The molecule has 2 unspecified atom stereocenters. The number of carbonyl (C=O) groups excluding carboxylic acids is 1. The molecular weight excluding hydrogens is 472 g/mol. The summed E-state index contributed by atoms with van der Waals surface area (Å²) in [5.74, 6) is 0.546. The fourth-order valence-electron chi connectivity index (χ4n) is 4.51. The van der Waals surface area contributed by atoms with Crippen LogP contribution in [0.1, 0.15) is 44.2 Å². The zero-order valence-electron chi connectivity index (χ0n) is 21.2. The Bertz CT molecular complexity index is 1130. The summed E-state index contributed by atoms with van der Waals surface area (Å²) in [6.07, 6.45) is 2.28. The molecule has 0 spiro atoms. The largest absolute Gasteiger partial charge is 0.494 e. The predicted molar refractivity (Wildman–Crippen MR) is 143 cm³/mol. The second kappa shape index (κ2) is 12.4. The minimum Gasteiger partial charge on any atom is -0.494 e. The molecule has 0 amide bonds. The number of ether oxygens (including phenoxy) is 4. The number of esters is 1. The lowest BCUT2D eigenvalue weighted by Crippen LogP contribution is -2.42. The number of methoxy groups -OCH3 is 1. The summed E-state index contributed by atoms with van der Waals surface area (Å²) in [7, 11) is 1.68. The zero-order chi connectivity index (χ0) is 25.4. The number of hydrogen-bond acceptors (Lipinski definition) is 6. The van der Waals surface area contributed by atoms with Gasteiger partial charge in [-0.1, -0.05) is 48.5 Å². The van der Waals surface area contributed by atoms with Gasteiger partial charge in [-0.05, 0) is 60.7 Å². The Morgan fingerprint density at radius 2 is 1.86 bits per heavy atom. The molecule has 3 aromatic carbocycles. The summed E-state index contributed by atoms with van der Waals surface area (Å²) in [6.45, 7) is 4.27. The van der Waals surface area contributed by atoms with Gasteiger partial charge in [0.2, 0.25) is 0 Å². The normalized spacial score (nSPS) is 19.6. The maximum atomic E-state index is 11.3. The SMILES string of the molecule is CCOc1ccc(-c2cc(C3(OC)CCCC(COC(C)=O)O3)ccc2SCc2ccccc2)cc1. The van der Waals surface area contributed by atoms with Crippen molar-refractivity contribution >= 4 is 17.7 Å². The number of benzene rings is 3. The van der Waals surface area contributed by atoms with Crippen molar-refractivity contribution in [1.29, 1.82) is 0 Å². The summed E-state index contributed by atoms with van der Waals surface area (Å²) >= 11 is 1.81. The van der Waals surface area contributed by atoms with Crippen LogP contribution in [0.3, 0.4) is 0 Å². The molecule has 0 aromatic heterocycles. The monoisotopic (exact) mass is 506 g/mol. The Morgan fingerprint density at radius 1 is 1.08 bits per heavy atom. The highest BCUT2D eigenvalue weighted by Crippen LogP contribution is 2.42. The van der Waals surface area contributed by atoms with Crippen molar-refractivity contribution in [3.05, 3.63) is 83.9 Å². The van der Waals surface area contributed by atoms with Crippen molar-refractivity contribution in [2.24, 2.45) is 0 Å². The first kappa shape index (κ1) is 26.3. The topological polar surface area (TPSA) is 54.0 Å². The molecule has 190 valence electrons. The third-order valence-corrected chi connectivity index (χ3v) is 7.47. The van der Waals surface area contributed by atoms with Crippen LogP contribution in [-0.2, 0) is 30.5 Å². The lowest BCUT2D eigenvalue weighted by atomic mass is 9.92. The summed E-state index contributed by atoms with van der Waals surface area (Å²) in [5, 5.41) is 0.